The Hall–Kier alpha value is -2.97. The summed E-state index contributed by atoms with van der Waals surface area (Å²) in [4.78, 5) is 89.0. The van der Waals surface area contributed by atoms with E-state index in [2.05, 4.69) is 179 Å². The van der Waals surface area contributed by atoms with Crippen LogP contribution in [-0.2, 0) is 83.4 Å². The Bertz CT molecular complexity index is 3790. The van der Waals surface area contributed by atoms with E-state index in [1.54, 1.807) is 99.9 Å². The average Bonchev–Trinajstić information content (AvgIpc) is 1.56. The number of amidine groups is 3. The molecule has 0 saturated carbocycles. The maximum absolute atomic E-state index is 13.7. The van der Waals surface area contributed by atoms with E-state index in [1.807, 2.05) is 24.6 Å². The van der Waals surface area contributed by atoms with Gasteiger partial charge in [0.2, 0.25) is 0 Å². The number of morpholine rings is 1. The van der Waals surface area contributed by atoms with Gasteiger partial charge in [0.05, 0.1) is 70.9 Å². The van der Waals surface area contributed by atoms with Gasteiger partial charge in [-0.3, -0.25) is 14.5 Å². The molecule has 22 nitrogen and oxygen atoms in total. The van der Waals surface area contributed by atoms with Gasteiger partial charge in [0.1, 0.15) is 40.1 Å². The topological polar surface area (TPSA) is 276 Å². The predicted octanol–water partition coefficient (Wildman–Crippen LogP) is 17.1. The third-order valence-corrected chi connectivity index (χ3v) is 17.6. The summed E-state index contributed by atoms with van der Waals surface area (Å²) in [7, 11) is 5.97. The molecule has 2 fully saturated rings. The Labute approximate surface area is 726 Å². The number of alkyl halides is 1. The molecule has 2 saturated heterocycles. The van der Waals surface area contributed by atoms with Crippen molar-refractivity contribution in [2.45, 2.75) is 90.9 Å². The van der Waals surface area contributed by atoms with Gasteiger partial charge in [-0.25, -0.2) is 57.5 Å². The van der Waals surface area contributed by atoms with E-state index in [4.69, 9.17) is 38.7 Å². The second kappa shape index (κ2) is 54.0. The number of aromatic nitrogens is 3. The van der Waals surface area contributed by atoms with Gasteiger partial charge >= 0.3 is 144 Å². The van der Waals surface area contributed by atoms with Crippen molar-refractivity contribution in [1.29, 1.82) is 0 Å². The molecule has 593 valence electrons. The van der Waals surface area contributed by atoms with Crippen molar-refractivity contribution in [3.05, 3.63) is 204 Å². The second-order valence-electron chi connectivity index (χ2n) is 21.8. The third kappa shape index (κ3) is 31.0. The first-order chi connectivity index (χ1) is 51.6. The molecule has 5 aliphatic heterocycles. The molecule has 0 amide bonds. The number of carbonyl (C=O) groups excluding carboxylic acids is 4. The van der Waals surface area contributed by atoms with E-state index in [0.717, 1.165) is 19.4 Å². The van der Waals surface area contributed by atoms with Gasteiger partial charge in [0, 0.05) is 89.9 Å². The van der Waals surface area contributed by atoms with Crippen LogP contribution in [0.2, 0.25) is 0 Å². The predicted molar refractivity (Wildman–Crippen MR) is 466 cm³/mol. The number of aliphatic imine (C=N–C) groups is 3. The number of allylic oxidation sites excluding steroid dienone is 2. The van der Waals surface area contributed by atoms with Gasteiger partial charge in [-0.1, -0.05) is 65.9 Å². The Morgan fingerprint density at radius 1 is 0.630 bits per heavy atom. The number of esters is 4. The molecule has 108 heavy (non-hydrogen) atoms. The van der Waals surface area contributed by atoms with E-state index >= 15 is 0 Å². The molecular formula is C70H85F4I6N10O12S4V2-2. The molecule has 0 aliphatic carbocycles. The Morgan fingerprint density at radius 3 is 1.25 bits per heavy atom. The van der Waals surface area contributed by atoms with Crippen LogP contribution in [0.15, 0.2) is 156 Å². The van der Waals surface area contributed by atoms with Crippen molar-refractivity contribution in [3.63, 3.8) is 0 Å². The molecule has 3 aromatic carbocycles. The molecular weight excluding hydrogens is 2240 g/mol. The van der Waals surface area contributed by atoms with E-state index < -0.39 is 52.4 Å². The number of aliphatic carboxylic acids is 1. The second-order valence-corrected chi connectivity index (χ2v) is 73.5. The molecule has 0 radical (unpaired) electrons. The summed E-state index contributed by atoms with van der Waals surface area (Å²) in [5.74, 6) is -2.28. The summed E-state index contributed by atoms with van der Waals surface area (Å²) >= 11 is 18.9. The normalized spacial score (nSPS) is 19.6. The summed E-state index contributed by atoms with van der Waals surface area (Å²) in [6.45, 7) is 23.3. The Balaban J connectivity index is 0.000000474. The zero-order valence-electron chi connectivity index (χ0n) is 61.2. The number of nitrogens with zero attached hydrogens (tertiary/aromatic N) is 7. The number of ether oxygens (including phenoxy) is 6. The molecule has 5 aliphatic rings. The quantitative estimate of drug-likeness (QED) is 0.0209. The first-order valence-corrected chi connectivity index (χ1v) is 59.9. The van der Waals surface area contributed by atoms with Crippen molar-refractivity contribution >= 4 is 216 Å². The molecule has 11 rings (SSSR count). The molecule has 8 heterocycles. The van der Waals surface area contributed by atoms with Crippen molar-refractivity contribution < 1.29 is 88.9 Å². The SMILES string of the molecule is CCI.COC(=O)C1=C(C)NC(c2nccs2)=NC1(C)c1ccc(F)cc1.COC(=O)C1=C(C)NC(c2nccs2)=N[C@@]1(C)c1ccc(F)cc1.COC(=O)C1=C(CN2CCOCC2C(=O)O)NC(c2nccs2)=N[C@@]1(C)c1ccc(F)cc1.COC(=O)[C@H]1CCCOC1.CSF.[CH2-]C.[CH2-]C.[I][V]([I])[I].[I][V][I]. The van der Waals surface area contributed by atoms with E-state index in [9.17, 15) is 46.1 Å². The number of nitrogens with one attached hydrogen (secondary N) is 3. The van der Waals surface area contributed by atoms with Crippen LogP contribution in [-0.4, -0.2) is 157 Å². The van der Waals surface area contributed by atoms with Crippen molar-refractivity contribution in [2.24, 2.45) is 20.9 Å². The van der Waals surface area contributed by atoms with Crippen molar-refractivity contribution in [2.75, 3.05) is 78.6 Å². The minimum atomic E-state index is -1.23. The van der Waals surface area contributed by atoms with Crippen LogP contribution in [0.5, 0.6) is 0 Å². The Kier molecular flexibility index (Phi) is 50.5. The first-order valence-electron chi connectivity index (χ1n) is 32.1. The number of hydrogen-bond donors (Lipinski definition) is 4. The van der Waals surface area contributed by atoms with Crippen LogP contribution in [0.3, 0.4) is 0 Å². The number of carboxylic acids is 1. The first kappa shape index (κ1) is 101. The van der Waals surface area contributed by atoms with E-state index in [-0.39, 0.29) is 59.3 Å². The molecule has 2 unspecified atom stereocenters. The van der Waals surface area contributed by atoms with Crippen LogP contribution in [0, 0.1) is 37.2 Å². The zero-order chi connectivity index (χ0) is 81.3. The minimum absolute atomic E-state index is 0.0150. The molecule has 38 heteroatoms. The number of thiazole rings is 3. The Morgan fingerprint density at radius 2 is 0.954 bits per heavy atom. The number of carbonyl (C=O) groups is 5. The number of methoxy groups -OCH3 is 4. The summed E-state index contributed by atoms with van der Waals surface area (Å²) in [6.07, 6.45) is 8.27. The standard InChI is InChI=1S/C22H23FN4O5S.2C17H16FN3O2S.C7H12O3.C2H5I.2C2H5.CH3FS.5HI.2V/c1-22(13-3-5-14(23)6-4-13)17(21(30)31-2)15(25-18(26-22)19-24-7-10-33-19)11-27-8-9-32-12-16(27)20(28)29;2*1-10-13(16(22)23-3)17(2,11-4-6-12(18)7-5-11)21-14(20-10)15-19-8-9-24-15;1-9-7(8)6-3-2-4-10-5-6;1-2-3;2*1-2;1-3-2;;;;;;;/h3-7,10,16H,8-9,11-12H2,1-2H3,(H,25,26)(H,28,29);2*4-9H,1-3H3,(H,20,21);6H,2-5H2,1H3;2H2,1H3;2*1H2,2H3;1H3;5*1H;;/q;;;;;2*-1;;;;;;;+2;+3/p-5/t16?,22-;17-;;6-;;;;;;;;;;;/m00.0.........../s1. The van der Waals surface area contributed by atoms with Gasteiger partial charge in [0.15, 0.2) is 32.5 Å². The fourth-order valence-corrected chi connectivity index (χ4v) is 12.5. The van der Waals surface area contributed by atoms with Crippen LogP contribution < -0.4 is 16.0 Å². The van der Waals surface area contributed by atoms with Crippen molar-refractivity contribution in [3.8, 4) is 0 Å². The van der Waals surface area contributed by atoms with Gasteiger partial charge in [-0.15, -0.1) is 34.0 Å². The fourth-order valence-electron chi connectivity index (χ4n) is 10.7. The van der Waals surface area contributed by atoms with Crippen LogP contribution >= 0.6 is 169 Å². The summed E-state index contributed by atoms with van der Waals surface area (Å²) < 4.78 is 81.7. The number of benzene rings is 3. The van der Waals surface area contributed by atoms with Crippen LogP contribution in [0.25, 0.3) is 0 Å². The molecule has 0 spiro atoms. The zero-order valence-corrected chi connectivity index (χ0v) is 80.2. The van der Waals surface area contributed by atoms with Crippen LogP contribution in [0.4, 0.5) is 17.1 Å². The fraction of sp³-hybridized carbons (Fsp3) is 0.386. The summed E-state index contributed by atoms with van der Waals surface area (Å²) in [5, 5.41) is 26.6. The monoisotopic (exact) mass is 2320 g/mol. The van der Waals surface area contributed by atoms with Crippen LogP contribution in [0.1, 0.15) is 99.9 Å². The van der Waals surface area contributed by atoms with Gasteiger partial charge in [-0.05, 0) is 105 Å². The molecule has 4 N–H and O–H groups in total. The number of halogens is 10. The van der Waals surface area contributed by atoms with Gasteiger partial charge < -0.3 is 63.3 Å². The van der Waals surface area contributed by atoms with Gasteiger partial charge in [0.25, 0.3) is 0 Å². The maximum atomic E-state index is 13.7. The molecule has 0 bridgehead atoms. The summed E-state index contributed by atoms with van der Waals surface area (Å²) in [6, 6.07) is 16.8. The number of rotatable bonds is 13. The summed E-state index contributed by atoms with van der Waals surface area (Å²) in [5.41, 5.74) is 1.43. The van der Waals surface area contributed by atoms with E-state index in [1.165, 1.54) is 110 Å². The van der Waals surface area contributed by atoms with Crippen molar-refractivity contribution in [1.82, 2.24) is 35.8 Å². The molecule has 5 atom stereocenters. The van der Waals surface area contributed by atoms with Gasteiger partial charge in [-0.2, -0.15) is 17.7 Å². The third-order valence-electron chi connectivity index (χ3n) is 15.3. The van der Waals surface area contributed by atoms with E-state index in [0.29, 0.717) is 107 Å². The molecule has 3 aromatic heterocycles. The molecule has 6 aromatic rings. The average molecular weight is 2330 g/mol. The number of carboxylic acid groups (broad SMARTS) is 1. The number of hydrogen-bond acceptors (Lipinski definition) is 25.